The van der Waals surface area contributed by atoms with Crippen LogP contribution in [0.2, 0.25) is 0 Å². The van der Waals surface area contributed by atoms with E-state index < -0.39 is 0 Å². The molecule has 22 heavy (non-hydrogen) atoms. The Kier molecular flexibility index (Phi) is 8.53. The lowest BCUT2D eigenvalue weighted by molar-refractivity contribution is -0.257. The summed E-state index contributed by atoms with van der Waals surface area (Å²) in [5.41, 5.74) is 0.0926. The zero-order valence-corrected chi connectivity index (χ0v) is 14.7. The van der Waals surface area contributed by atoms with Crippen LogP contribution in [0.15, 0.2) is 30.3 Å². The van der Waals surface area contributed by atoms with Crippen molar-refractivity contribution >= 4 is 6.29 Å². The maximum absolute atomic E-state index is 10.0. The number of piperidine rings is 1. The van der Waals surface area contributed by atoms with E-state index in [2.05, 4.69) is 0 Å². The molecule has 2 N–H and O–H groups in total. The van der Waals surface area contributed by atoms with Gasteiger partial charge in [0, 0.05) is 16.6 Å². The molecule has 2 rings (SSSR count). The van der Waals surface area contributed by atoms with Gasteiger partial charge in [-0.3, -0.25) is 4.79 Å². The first kappa shape index (κ1) is 20.8. The standard InChI is InChI=1S/C9H19NO2.C7H6O.C2H6/c1-8(2)5-7(11)6-9(3,4)10(8)12;8-6-7-4-2-1-3-5-7;1-2/h7,11-12H,5-6H2,1-4H3;1-6H;1-2H3. The molecule has 0 unspecified atom stereocenters. The fourth-order valence-electron chi connectivity index (χ4n) is 2.75. The highest BCUT2D eigenvalue weighted by Gasteiger charge is 2.44. The summed E-state index contributed by atoms with van der Waals surface area (Å²) in [4.78, 5) is 10.0. The number of aldehydes is 1. The summed E-state index contributed by atoms with van der Waals surface area (Å²) < 4.78 is 0. The molecular weight excluding hydrogens is 278 g/mol. The second-order valence-electron chi connectivity index (χ2n) is 6.53. The zero-order chi connectivity index (χ0) is 17.4. The number of carbonyl (C=O) groups excluding carboxylic acids is 1. The summed E-state index contributed by atoms with van der Waals surface area (Å²) >= 11 is 0. The van der Waals surface area contributed by atoms with Gasteiger partial charge in [0.1, 0.15) is 6.29 Å². The van der Waals surface area contributed by atoms with Crippen LogP contribution in [-0.2, 0) is 0 Å². The molecule has 0 atom stereocenters. The number of hydroxylamine groups is 2. The van der Waals surface area contributed by atoms with Crippen molar-refractivity contribution in [3.05, 3.63) is 35.9 Å². The van der Waals surface area contributed by atoms with Gasteiger partial charge < -0.3 is 10.3 Å². The average molecular weight is 309 g/mol. The molecule has 1 aromatic carbocycles. The molecule has 0 radical (unpaired) electrons. The van der Waals surface area contributed by atoms with Crippen LogP contribution in [0.1, 0.15) is 64.7 Å². The van der Waals surface area contributed by atoms with E-state index in [1.807, 2.05) is 59.7 Å². The monoisotopic (exact) mass is 309 g/mol. The van der Waals surface area contributed by atoms with Crippen molar-refractivity contribution in [2.24, 2.45) is 0 Å². The van der Waals surface area contributed by atoms with E-state index in [0.29, 0.717) is 12.8 Å². The van der Waals surface area contributed by atoms with Crippen molar-refractivity contribution in [3.8, 4) is 0 Å². The fourth-order valence-corrected chi connectivity index (χ4v) is 2.75. The summed E-state index contributed by atoms with van der Waals surface area (Å²) in [6, 6.07) is 9.10. The highest BCUT2D eigenvalue weighted by molar-refractivity contribution is 5.74. The van der Waals surface area contributed by atoms with Gasteiger partial charge in [-0.2, -0.15) is 5.06 Å². The highest BCUT2D eigenvalue weighted by Crippen LogP contribution is 2.36. The fraction of sp³-hybridized carbons (Fsp3) is 0.611. The molecule has 4 heteroatoms. The second-order valence-corrected chi connectivity index (χ2v) is 6.53. The summed E-state index contributed by atoms with van der Waals surface area (Å²) in [5.74, 6) is 0. The van der Waals surface area contributed by atoms with Gasteiger partial charge in [0.2, 0.25) is 0 Å². The minimum absolute atomic E-state index is 0.293. The van der Waals surface area contributed by atoms with Crippen LogP contribution in [0.4, 0.5) is 0 Å². The third kappa shape index (κ3) is 6.26. The second kappa shape index (κ2) is 9.03. The maximum atomic E-state index is 10.0. The van der Waals surface area contributed by atoms with Crippen molar-refractivity contribution in [2.45, 2.75) is 71.6 Å². The Morgan fingerprint density at radius 1 is 1.05 bits per heavy atom. The van der Waals surface area contributed by atoms with Gasteiger partial charge in [-0.25, -0.2) is 0 Å². The van der Waals surface area contributed by atoms with Gasteiger partial charge in [0.05, 0.1) is 6.10 Å². The van der Waals surface area contributed by atoms with Gasteiger partial charge in [0.25, 0.3) is 0 Å². The quantitative estimate of drug-likeness (QED) is 0.772. The smallest absolute Gasteiger partial charge is 0.150 e. The molecule has 0 spiro atoms. The minimum atomic E-state index is -0.318. The SMILES string of the molecule is CC.CC1(C)CC(O)CC(C)(C)N1O.O=Cc1ccccc1. The lowest BCUT2D eigenvalue weighted by Crippen LogP contribution is -2.60. The number of aliphatic hydroxyl groups is 1. The molecule has 0 saturated carbocycles. The first-order valence-electron chi connectivity index (χ1n) is 7.86. The Hall–Kier alpha value is -1.23. The summed E-state index contributed by atoms with van der Waals surface area (Å²) in [6.45, 7) is 11.8. The predicted molar refractivity (Wildman–Crippen MR) is 90.2 cm³/mol. The van der Waals surface area contributed by atoms with Crippen LogP contribution in [0, 0.1) is 0 Å². The lowest BCUT2D eigenvalue weighted by atomic mass is 9.80. The predicted octanol–water partition coefficient (Wildman–Crippen LogP) is 3.91. The van der Waals surface area contributed by atoms with Crippen molar-refractivity contribution in [1.29, 1.82) is 0 Å². The Morgan fingerprint density at radius 3 is 1.77 bits per heavy atom. The third-order valence-corrected chi connectivity index (χ3v) is 3.55. The summed E-state index contributed by atoms with van der Waals surface area (Å²) in [5, 5.41) is 20.7. The van der Waals surface area contributed by atoms with Crippen molar-refractivity contribution in [1.82, 2.24) is 5.06 Å². The first-order chi connectivity index (χ1) is 10.2. The van der Waals surface area contributed by atoms with E-state index in [0.717, 1.165) is 11.8 Å². The number of aliphatic hydroxyl groups excluding tert-OH is 1. The first-order valence-corrected chi connectivity index (χ1v) is 7.86. The molecule has 126 valence electrons. The highest BCUT2D eigenvalue weighted by atomic mass is 16.5. The van der Waals surface area contributed by atoms with Crippen LogP contribution in [-0.4, -0.2) is 38.8 Å². The van der Waals surface area contributed by atoms with Crippen LogP contribution in [0.5, 0.6) is 0 Å². The Balaban J connectivity index is 0.000000382. The molecule has 1 aliphatic heterocycles. The minimum Gasteiger partial charge on any atom is -0.393 e. The van der Waals surface area contributed by atoms with Crippen molar-refractivity contribution < 1.29 is 15.1 Å². The Labute approximate surface area is 134 Å². The number of carbonyl (C=O) groups is 1. The van der Waals surface area contributed by atoms with E-state index in [9.17, 15) is 15.1 Å². The zero-order valence-electron chi connectivity index (χ0n) is 14.7. The number of hydrogen-bond acceptors (Lipinski definition) is 4. The molecule has 4 nitrogen and oxygen atoms in total. The number of nitrogens with zero attached hydrogens (tertiary/aromatic N) is 1. The molecule has 0 bridgehead atoms. The van der Waals surface area contributed by atoms with Gasteiger partial charge in [0.15, 0.2) is 0 Å². The maximum Gasteiger partial charge on any atom is 0.150 e. The van der Waals surface area contributed by atoms with Gasteiger partial charge in [-0.1, -0.05) is 44.2 Å². The van der Waals surface area contributed by atoms with Crippen LogP contribution < -0.4 is 0 Å². The Bertz CT molecular complexity index is 411. The van der Waals surface area contributed by atoms with E-state index in [4.69, 9.17) is 0 Å². The van der Waals surface area contributed by atoms with Gasteiger partial charge in [-0.15, -0.1) is 0 Å². The van der Waals surface area contributed by atoms with Crippen molar-refractivity contribution in [3.63, 3.8) is 0 Å². The average Bonchev–Trinajstić information content (AvgIpc) is 2.47. The molecule has 0 amide bonds. The molecule has 1 fully saturated rings. The Morgan fingerprint density at radius 2 is 1.45 bits per heavy atom. The van der Waals surface area contributed by atoms with E-state index in [-0.39, 0.29) is 17.2 Å². The number of rotatable bonds is 1. The number of hydrogen-bond donors (Lipinski definition) is 2. The summed E-state index contributed by atoms with van der Waals surface area (Å²) in [7, 11) is 0. The summed E-state index contributed by atoms with van der Waals surface area (Å²) in [6.07, 6.45) is 1.80. The van der Waals surface area contributed by atoms with Crippen LogP contribution in [0.25, 0.3) is 0 Å². The lowest BCUT2D eigenvalue weighted by Gasteiger charge is -2.50. The largest absolute Gasteiger partial charge is 0.393 e. The van der Waals surface area contributed by atoms with E-state index >= 15 is 0 Å². The van der Waals surface area contributed by atoms with Gasteiger partial charge >= 0.3 is 0 Å². The molecule has 1 aromatic rings. The molecule has 1 heterocycles. The van der Waals surface area contributed by atoms with Crippen molar-refractivity contribution in [2.75, 3.05) is 0 Å². The molecule has 1 aliphatic rings. The van der Waals surface area contributed by atoms with Crippen LogP contribution in [0.3, 0.4) is 0 Å². The van der Waals surface area contributed by atoms with Gasteiger partial charge in [-0.05, 0) is 40.5 Å². The molecular formula is C18H31NO3. The van der Waals surface area contributed by atoms with E-state index in [1.165, 1.54) is 5.06 Å². The molecule has 1 saturated heterocycles. The van der Waals surface area contributed by atoms with E-state index in [1.54, 1.807) is 12.1 Å². The number of benzene rings is 1. The molecule has 0 aliphatic carbocycles. The van der Waals surface area contributed by atoms with Crippen LogP contribution >= 0.6 is 0 Å². The molecule has 0 aromatic heterocycles. The third-order valence-electron chi connectivity index (χ3n) is 3.55. The topological polar surface area (TPSA) is 60.8 Å². The normalized spacial score (nSPS) is 20.0.